The maximum absolute atomic E-state index is 12.4. The molecule has 0 saturated carbocycles. The Labute approximate surface area is 126 Å². The fourth-order valence-corrected chi connectivity index (χ4v) is 2.58. The van der Waals surface area contributed by atoms with Crippen LogP contribution < -0.4 is 5.43 Å². The second-order valence-electron chi connectivity index (χ2n) is 5.19. The summed E-state index contributed by atoms with van der Waals surface area (Å²) in [6.45, 7) is 6.17. The number of aromatic nitrogens is 3. The zero-order valence-electron chi connectivity index (χ0n) is 12.5. The van der Waals surface area contributed by atoms with Crippen molar-refractivity contribution >= 4 is 27.9 Å². The zero-order valence-corrected chi connectivity index (χ0v) is 12.5. The average Bonchev–Trinajstić information content (AvgIpc) is 2.48. The van der Waals surface area contributed by atoms with Gasteiger partial charge in [0.05, 0.1) is 22.4 Å². The van der Waals surface area contributed by atoms with Gasteiger partial charge < -0.3 is 9.67 Å². The minimum Gasteiger partial charge on any atom is -0.477 e. The lowest BCUT2D eigenvalue weighted by molar-refractivity contribution is 0.0695. The van der Waals surface area contributed by atoms with Crippen LogP contribution in [0.5, 0.6) is 0 Å². The lowest BCUT2D eigenvalue weighted by Crippen LogP contribution is -2.19. The number of carboxylic acids is 1. The van der Waals surface area contributed by atoms with Gasteiger partial charge in [-0.25, -0.2) is 14.8 Å². The van der Waals surface area contributed by atoms with E-state index >= 15 is 0 Å². The van der Waals surface area contributed by atoms with E-state index in [4.69, 9.17) is 0 Å². The fourth-order valence-electron chi connectivity index (χ4n) is 2.58. The maximum Gasteiger partial charge on any atom is 0.341 e. The van der Waals surface area contributed by atoms with Crippen LogP contribution in [0.15, 0.2) is 23.1 Å². The number of aryl methyl sites for hydroxylation is 3. The standard InChI is InChI=1S/C16H15N3O3/c1-4-19-7-11(16(21)22)15(20)10-5-6-12-13(14(10)19)18-9(3)8(2)17-12/h5-7H,4H2,1-3H3,(H,21,22). The van der Waals surface area contributed by atoms with Gasteiger partial charge in [-0.2, -0.15) is 0 Å². The lowest BCUT2D eigenvalue weighted by atomic mass is 10.1. The molecule has 0 amide bonds. The predicted molar refractivity (Wildman–Crippen MR) is 83.4 cm³/mol. The predicted octanol–water partition coefficient (Wildman–Crippen LogP) is 2.28. The molecular formula is C16H15N3O3. The first-order valence-corrected chi connectivity index (χ1v) is 6.98. The fraction of sp³-hybridized carbons (Fsp3) is 0.250. The number of hydrogen-bond donors (Lipinski definition) is 1. The minimum absolute atomic E-state index is 0.231. The summed E-state index contributed by atoms with van der Waals surface area (Å²) in [6, 6.07) is 3.34. The van der Waals surface area contributed by atoms with Crippen LogP contribution in [0.25, 0.3) is 21.9 Å². The van der Waals surface area contributed by atoms with E-state index in [1.807, 2.05) is 20.8 Å². The Morgan fingerprint density at radius 1 is 1.23 bits per heavy atom. The molecule has 0 radical (unpaired) electrons. The second kappa shape index (κ2) is 4.91. The highest BCUT2D eigenvalue weighted by atomic mass is 16.4. The molecule has 0 fully saturated rings. The Morgan fingerprint density at radius 2 is 1.91 bits per heavy atom. The van der Waals surface area contributed by atoms with Gasteiger partial charge in [-0.15, -0.1) is 0 Å². The SMILES string of the molecule is CCn1cc(C(=O)O)c(=O)c2ccc3nc(C)c(C)nc3c21. The molecule has 2 heterocycles. The normalized spacial score (nSPS) is 11.2. The highest BCUT2D eigenvalue weighted by Gasteiger charge is 2.17. The molecule has 3 rings (SSSR count). The van der Waals surface area contributed by atoms with Crippen molar-refractivity contribution in [2.45, 2.75) is 27.3 Å². The van der Waals surface area contributed by atoms with Crippen LogP contribution in [0.4, 0.5) is 0 Å². The van der Waals surface area contributed by atoms with Gasteiger partial charge in [0.15, 0.2) is 0 Å². The van der Waals surface area contributed by atoms with Gasteiger partial charge in [-0.1, -0.05) is 0 Å². The zero-order chi connectivity index (χ0) is 16.0. The Kier molecular flexibility index (Phi) is 3.16. The van der Waals surface area contributed by atoms with Crippen LogP contribution in [0.3, 0.4) is 0 Å². The number of hydrogen-bond acceptors (Lipinski definition) is 4. The average molecular weight is 297 g/mol. The van der Waals surface area contributed by atoms with E-state index in [1.165, 1.54) is 6.20 Å². The molecular weight excluding hydrogens is 282 g/mol. The van der Waals surface area contributed by atoms with Crippen molar-refractivity contribution in [1.29, 1.82) is 0 Å². The van der Waals surface area contributed by atoms with Crippen molar-refractivity contribution in [3.05, 3.63) is 45.5 Å². The van der Waals surface area contributed by atoms with Gasteiger partial charge in [0.25, 0.3) is 0 Å². The molecule has 0 saturated heterocycles. The van der Waals surface area contributed by atoms with Crippen molar-refractivity contribution in [2.75, 3.05) is 0 Å². The maximum atomic E-state index is 12.4. The molecule has 0 bridgehead atoms. The Bertz CT molecular complexity index is 989. The van der Waals surface area contributed by atoms with Crippen LogP contribution >= 0.6 is 0 Å². The number of nitrogens with zero attached hydrogens (tertiary/aromatic N) is 3. The number of benzene rings is 1. The molecule has 0 aliphatic carbocycles. The van der Waals surface area contributed by atoms with E-state index in [9.17, 15) is 14.7 Å². The van der Waals surface area contributed by atoms with Crippen LogP contribution in [0.2, 0.25) is 0 Å². The quantitative estimate of drug-likeness (QED) is 0.733. The summed E-state index contributed by atoms with van der Waals surface area (Å²) in [5.41, 5.74) is 2.85. The molecule has 2 aromatic heterocycles. The summed E-state index contributed by atoms with van der Waals surface area (Å²) in [5, 5.41) is 9.55. The molecule has 6 heteroatoms. The van der Waals surface area contributed by atoms with Crippen molar-refractivity contribution < 1.29 is 9.90 Å². The molecule has 1 aromatic carbocycles. The largest absolute Gasteiger partial charge is 0.477 e. The third-order valence-electron chi connectivity index (χ3n) is 3.85. The molecule has 0 spiro atoms. The lowest BCUT2D eigenvalue weighted by Gasteiger charge is -2.12. The molecule has 22 heavy (non-hydrogen) atoms. The highest BCUT2D eigenvalue weighted by molar-refractivity contribution is 6.03. The van der Waals surface area contributed by atoms with Crippen LogP contribution in [0.1, 0.15) is 28.7 Å². The number of carboxylic acid groups (broad SMARTS) is 1. The van der Waals surface area contributed by atoms with Gasteiger partial charge in [0, 0.05) is 18.1 Å². The van der Waals surface area contributed by atoms with Gasteiger partial charge in [-0.05, 0) is 32.9 Å². The second-order valence-corrected chi connectivity index (χ2v) is 5.19. The number of aromatic carboxylic acids is 1. The van der Waals surface area contributed by atoms with Gasteiger partial charge >= 0.3 is 5.97 Å². The van der Waals surface area contributed by atoms with Gasteiger partial charge in [0.2, 0.25) is 5.43 Å². The summed E-state index contributed by atoms with van der Waals surface area (Å²) < 4.78 is 1.74. The van der Waals surface area contributed by atoms with Gasteiger partial charge in [0.1, 0.15) is 11.1 Å². The minimum atomic E-state index is -1.22. The summed E-state index contributed by atoms with van der Waals surface area (Å²) in [5.74, 6) is -1.22. The van der Waals surface area contributed by atoms with Crippen LogP contribution in [-0.4, -0.2) is 25.6 Å². The van der Waals surface area contributed by atoms with E-state index in [-0.39, 0.29) is 5.56 Å². The van der Waals surface area contributed by atoms with Crippen molar-refractivity contribution in [1.82, 2.24) is 14.5 Å². The molecule has 3 aromatic rings. The molecule has 112 valence electrons. The molecule has 0 atom stereocenters. The van der Waals surface area contributed by atoms with E-state index in [0.717, 1.165) is 11.4 Å². The van der Waals surface area contributed by atoms with Gasteiger partial charge in [-0.3, -0.25) is 4.79 Å². The summed E-state index contributed by atoms with van der Waals surface area (Å²) in [6.07, 6.45) is 1.38. The first kappa shape index (κ1) is 14.2. The summed E-state index contributed by atoms with van der Waals surface area (Å²) >= 11 is 0. The molecule has 0 unspecified atom stereocenters. The number of pyridine rings is 1. The van der Waals surface area contributed by atoms with E-state index in [1.54, 1.807) is 16.7 Å². The third-order valence-corrected chi connectivity index (χ3v) is 3.85. The molecule has 0 aliphatic rings. The van der Waals surface area contributed by atoms with Crippen LogP contribution in [0, 0.1) is 13.8 Å². The Morgan fingerprint density at radius 3 is 2.55 bits per heavy atom. The highest BCUT2D eigenvalue weighted by Crippen LogP contribution is 2.22. The van der Waals surface area contributed by atoms with E-state index < -0.39 is 11.4 Å². The van der Waals surface area contributed by atoms with E-state index in [2.05, 4.69) is 9.97 Å². The Hall–Kier alpha value is -2.76. The summed E-state index contributed by atoms with van der Waals surface area (Å²) in [4.78, 5) is 32.7. The first-order valence-electron chi connectivity index (χ1n) is 6.98. The molecule has 1 N–H and O–H groups in total. The first-order chi connectivity index (χ1) is 10.4. The number of fused-ring (bicyclic) bond motifs is 3. The summed E-state index contributed by atoms with van der Waals surface area (Å²) in [7, 11) is 0. The van der Waals surface area contributed by atoms with Crippen LogP contribution in [-0.2, 0) is 6.54 Å². The van der Waals surface area contributed by atoms with Crippen molar-refractivity contribution in [2.24, 2.45) is 0 Å². The smallest absolute Gasteiger partial charge is 0.341 e. The van der Waals surface area contributed by atoms with Crippen molar-refractivity contribution in [3.8, 4) is 0 Å². The Balaban J connectivity index is 2.59. The number of carbonyl (C=O) groups is 1. The van der Waals surface area contributed by atoms with E-state index in [0.29, 0.717) is 28.5 Å². The topological polar surface area (TPSA) is 85.1 Å². The monoisotopic (exact) mass is 297 g/mol. The molecule has 0 aliphatic heterocycles. The third kappa shape index (κ3) is 1.95. The van der Waals surface area contributed by atoms with Crippen molar-refractivity contribution in [3.63, 3.8) is 0 Å². The molecule has 6 nitrogen and oxygen atoms in total. The number of rotatable bonds is 2.